The molecule has 3 heterocycles. The third kappa shape index (κ3) is 4.72. The maximum absolute atomic E-state index is 12.3. The molecule has 0 radical (unpaired) electrons. The van der Waals surface area contributed by atoms with Gasteiger partial charge in [0.1, 0.15) is 0 Å². The Labute approximate surface area is 156 Å². The number of hydrogen-bond acceptors (Lipinski definition) is 4. The molecule has 0 bridgehead atoms. The predicted molar refractivity (Wildman–Crippen MR) is 102 cm³/mol. The summed E-state index contributed by atoms with van der Waals surface area (Å²) in [7, 11) is 0. The Kier molecular flexibility index (Phi) is 6.46. The molecule has 26 heavy (non-hydrogen) atoms. The molecule has 0 saturated carbocycles. The molecular formula is C20H32N4O2. The van der Waals surface area contributed by atoms with E-state index in [1.807, 2.05) is 13.8 Å². The van der Waals surface area contributed by atoms with Crippen LogP contribution in [0.15, 0.2) is 11.1 Å². The summed E-state index contributed by atoms with van der Waals surface area (Å²) < 4.78 is 1.78. The van der Waals surface area contributed by atoms with E-state index in [2.05, 4.69) is 14.8 Å². The number of carbonyl (C=O) groups is 1. The standard InChI is InChI=1S/C20H32N4O2/c1-16-17(2)21-15-24(20(16)26)14-18-7-10-22(11-8-18)12-13-23-9-5-3-4-6-19(23)25/h15,18H,3-14H2,1-2H3. The van der Waals surface area contributed by atoms with Gasteiger partial charge in [0.2, 0.25) is 5.91 Å². The first-order valence-corrected chi connectivity index (χ1v) is 10.1. The third-order valence-corrected chi connectivity index (χ3v) is 6.03. The average molecular weight is 361 g/mol. The Bertz CT molecular complexity index is 677. The largest absolute Gasteiger partial charge is 0.341 e. The lowest BCUT2D eigenvalue weighted by molar-refractivity contribution is -0.130. The van der Waals surface area contributed by atoms with E-state index in [4.69, 9.17) is 0 Å². The summed E-state index contributed by atoms with van der Waals surface area (Å²) in [5.74, 6) is 0.867. The number of rotatable bonds is 5. The molecule has 1 aromatic rings. The first kappa shape index (κ1) is 19.1. The molecule has 3 rings (SSSR count). The van der Waals surface area contributed by atoms with Crippen LogP contribution in [0.2, 0.25) is 0 Å². The third-order valence-electron chi connectivity index (χ3n) is 6.03. The molecule has 1 amide bonds. The van der Waals surface area contributed by atoms with Gasteiger partial charge in [0, 0.05) is 43.9 Å². The van der Waals surface area contributed by atoms with E-state index >= 15 is 0 Å². The molecule has 2 aliphatic rings. The Morgan fingerprint density at radius 2 is 1.81 bits per heavy atom. The number of amides is 1. The summed E-state index contributed by atoms with van der Waals surface area (Å²) in [5, 5.41) is 0. The predicted octanol–water partition coefficient (Wildman–Crippen LogP) is 1.97. The zero-order valence-corrected chi connectivity index (χ0v) is 16.2. The van der Waals surface area contributed by atoms with Gasteiger partial charge in [-0.15, -0.1) is 0 Å². The molecule has 0 atom stereocenters. The molecular weight excluding hydrogens is 328 g/mol. The molecule has 0 aromatic carbocycles. The molecule has 2 fully saturated rings. The van der Waals surface area contributed by atoms with Gasteiger partial charge in [-0.25, -0.2) is 4.98 Å². The van der Waals surface area contributed by atoms with Gasteiger partial charge in [-0.1, -0.05) is 6.42 Å². The normalized spacial score (nSPS) is 20.4. The monoisotopic (exact) mass is 360 g/mol. The zero-order chi connectivity index (χ0) is 18.5. The second-order valence-corrected chi connectivity index (χ2v) is 7.89. The molecule has 2 saturated heterocycles. The fourth-order valence-electron chi connectivity index (χ4n) is 4.01. The zero-order valence-electron chi connectivity index (χ0n) is 16.2. The Balaban J connectivity index is 1.45. The second-order valence-electron chi connectivity index (χ2n) is 7.89. The smallest absolute Gasteiger partial charge is 0.256 e. The van der Waals surface area contributed by atoms with Crippen LogP contribution >= 0.6 is 0 Å². The molecule has 144 valence electrons. The second kappa shape index (κ2) is 8.80. The van der Waals surface area contributed by atoms with Crippen molar-refractivity contribution in [1.82, 2.24) is 19.4 Å². The fraction of sp³-hybridized carbons (Fsp3) is 0.750. The first-order chi connectivity index (χ1) is 12.5. The van der Waals surface area contributed by atoms with Crippen LogP contribution in [-0.2, 0) is 11.3 Å². The minimum Gasteiger partial charge on any atom is -0.341 e. The van der Waals surface area contributed by atoms with E-state index in [1.165, 1.54) is 6.42 Å². The van der Waals surface area contributed by atoms with Gasteiger partial charge < -0.3 is 9.80 Å². The van der Waals surface area contributed by atoms with Crippen molar-refractivity contribution in [3.63, 3.8) is 0 Å². The van der Waals surface area contributed by atoms with Crippen LogP contribution in [0.4, 0.5) is 0 Å². The number of aryl methyl sites for hydroxylation is 1. The van der Waals surface area contributed by atoms with E-state index in [9.17, 15) is 9.59 Å². The van der Waals surface area contributed by atoms with Crippen LogP contribution < -0.4 is 5.56 Å². The molecule has 0 N–H and O–H groups in total. The number of aromatic nitrogens is 2. The van der Waals surface area contributed by atoms with Crippen molar-refractivity contribution in [1.29, 1.82) is 0 Å². The lowest BCUT2D eigenvalue weighted by atomic mass is 9.96. The topological polar surface area (TPSA) is 58.4 Å². The van der Waals surface area contributed by atoms with E-state index in [-0.39, 0.29) is 5.56 Å². The Hall–Kier alpha value is -1.69. The Morgan fingerprint density at radius 1 is 1.04 bits per heavy atom. The summed E-state index contributed by atoms with van der Waals surface area (Å²) in [4.78, 5) is 33.3. The van der Waals surface area contributed by atoms with Gasteiger partial charge in [-0.05, 0) is 58.5 Å². The van der Waals surface area contributed by atoms with Crippen molar-refractivity contribution in [2.75, 3.05) is 32.7 Å². The summed E-state index contributed by atoms with van der Waals surface area (Å²) in [6.45, 7) is 9.39. The number of piperidine rings is 1. The molecule has 0 unspecified atom stereocenters. The van der Waals surface area contributed by atoms with Gasteiger partial charge in [0.15, 0.2) is 0 Å². The first-order valence-electron chi connectivity index (χ1n) is 10.1. The van der Waals surface area contributed by atoms with Crippen LogP contribution in [0.25, 0.3) is 0 Å². The van der Waals surface area contributed by atoms with Gasteiger partial charge in [0.05, 0.1) is 6.33 Å². The summed E-state index contributed by atoms with van der Waals surface area (Å²) in [6.07, 6.45) is 8.00. The quantitative estimate of drug-likeness (QED) is 0.806. The van der Waals surface area contributed by atoms with E-state index in [0.29, 0.717) is 11.8 Å². The number of nitrogens with zero attached hydrogens (tertiary/aromatic N) is 4. The van der Waals surface area contributed by atoms with Gasteiger partial charge in [0.25, 0.3) is 5.56 Å². The molecule has 0 aliphatic carbocycles. The van der Waals surface area contributed by atoms with Gasteiger partial charge in [-0.2, -0.15) is 0 Å². The minimum atomic E-state index is 0.0969. The van der Waals surface area contributed by atoms with Gasteiger partial charge in [-0.3, -0.25) is 14.2 Å². The molecule has 0 spiro atoms. The van der Waals surface area contributed by atoms with E-state index < -0.39 is 0 Å². The highest BCUT2D eigenvalue weighted by Crippen LogP contribution is 2.19. The highest BCUT2D eigenvalue weighted by atomic mass is 16.2. The maximum Gasteiger partial charge on any atom is 0.256 e. The van der Waals surface area contributed by atoms with Crippen LogP contribution in [0.1, 0.15) is 49.8 Å². The van der Waals surface area contributed by atoms with E-state index in [0.717, 1.165) is 82.6 Å². The lowest BCUT2D eigenvalue weighted by Gasteiger charge is -2.33. The van der Waals surface area contributed by atoms with Crippen molar-refractivity contribution in [2.24, 2.45) is 5.92 Å². The van der Waals surface area contributed by atoms with Crippen molar-refractivity contribution in [3.05, 3.63) is 27.9 Å². The maximum atomic E-state index is 12.3. The number of likely N-dealkylation sites (tertiary alicyclic amines) is 2. The summed E-state index contributed by atoms with van der Waals surface area (Å²) in [5.41, 5.74) is 1.68. The SMILES string of the molecule is Cc1ncn(CC2CCN(CCN3CCCCCC3=O)CC2)c(=O)c1C. The van der Waals surface area contributed by atoms with Crippen molar-refractivity contribution in [2.45, 2.75) is 58.9 Å². The Morgan fingerprint density at radius 3 is 2.58 bits per heavy atom. The number of hydrogen-bond donors (Lipinski definition) is 0. The molecule has 6 nitrogen and oxygen atoms in total. The highest BCUT2D eigenvalue weighted by molar-refractivity contribution is 5.76. The van der Waals surface area contributed by atoms with Crippen molar-refractivity contribution >= 4 is 5.91 Å². The van der Waals surface area contributed by atoms with Crippen molar-refractivity contribution in [3.8, 4) is 0 Å². The fourth-order valence-corrected chi connectivity index (χ4v) is 4.01. The van der Waals surface area contributed by atoms with Crippen LogP contribution in [0, 0.1) is 19.8 Å². The average Bonchev–Trinajstić information content (AvgIpc) is 2.86. The number of carbonyl (C=O) groups excluding carboxylic acids is 1. The molecule has 1 aromatic heterocycles. The van der Waals surface area contributed by atoms with Crippen LogP contribution in [0.5, 0.6) is 0 Å². The highest BCUT2D eigenvalue weighted by Gasteiger charge is 2.22. The van der Waals surface area contributed by atoms with Crippen LogP contribution in [0.3, 0.4) is 0 Å². The molecule has 6 heteroatoms. The van der Waals surface area contributed by atoms with Crippen molar-refractivity contribution < 1.29 is 4.79 Å². The van der Waals surface area contributed by atoms with Gasteiger partial charge >= 0.3 is 0 Å². The molecule has 2 aliphatic heterocycles. The summed E-state index contributed by atoms with van der Waals surface area (Å²) >= 11 is 0. The lowest BCUT2D eigenvalue weighted by Crippen LogP contribution is -2.42. The van der Waals surface area contributed by atoms with E-state index in [1.54, 1.807) is 10.9 Å². The summed E-state index contributed by atoms with van der Waals surface area (Å²) in [6, 6.07) is 0. The minimum absolute atomic E-state index is 0.0969. The van der Waals surface area contributed by atoms with Crippen LogP contribution in [-0.4, -0.2) is 58.0 Å².